The number of methoxy groups -OCH3 is 1. The predicted octanol–water partition coefficient (Wildman–Crippen LogP) is 2.85. The van der Waals surface area contributed by atoms with Crippen molar-refractivity contribution in [3.8, 4) is 17.6 Å². The van der Waals surface area contributed by atoms with Gasteiger partial charge in [0, 0.05) is 0 Å². The molecule has 1 aromatic carbocycles. The molecule has 0 unspecified atom stereocenters. The molecule has 0 atom stereocenters. The van der Waals surface area contributed by atoms with E-state index < -0.39 is 0 Å². The fourth-order valence-electron chi connectivity index (χ4n) is 1.69. The van der Waals surface area contributed by atoms with Crippen LogP contribution in [0.25, 0.3) is 0 Å². The molecule has 96 valence electrons. The lowest BCUT2D eigenvalue weighted by atomic mass is 10.2. The fourth-order valence-corrected chi connectivity index (χ4v) is 1.69. The van der Waals surface area contributed by atoms with Crippen LogP contribution in [-0.4, -0.2) is 12.1 Å². The molecule has 1 heterocycles. The van der Waals surface area contributed by atoms with Gasteiger partial charge in [0.15, 0.2) is 5.75 Å². The van der Waals surface area contributed by atoms with Gasteiger partial charge in [-0.05, 0) is 24.6 Å². The van der Waals surface area contributed by atoms with Crippen LogP contribution >= 0.6 is 0 Å². The largest absolute Gasteiger partial charge is 0.494 e. The number of rotatable bonds is 4. The van der Waals surface area contributed by atoms with Crippen LogP contribution in [0.1, 0.15) is 16.8 Å². The highest BCUT2D eigenvalue weighted by atomic mass is 16.5. The molecule has 0 amide bonds. The lowest BCUT2D eigenvalue weighted by Crippen LogP contribution is -2.01. The van der Waals surface area contributed by atoms with Crippen LogP contribution in [0, 0.1) is 18.3 Å². The summed E-state index contributed by atoms with van der Waals surface area (Å²) in [6.45, 7) is 2.31. The Hall–Kier alpha value is -2.54. The highest BCUT2D eigenvalue weighted by Gasteiger charge is 2.06. The lowest BCUT2D eigenvalue weighted by Gasteiger charge is -2.09. The minimum absolute atomic E-state index is 0.323. The number of nitrogens with zero attached hydrogens (tertiary/aromatic N) is 2. The number of hydrogen-bond acceptors (Lipinski definition) is 4. The van der Waals surface area contributed by atoms with Crippen LogP contribution < -0.4 is 9.47 Å². The summed E-state index contributed by atoms with van der Waals surface area (Å²) in [5.41, 5.74) is 2.22. The molecule has 4 nitrogen and oxygen atoms in total. The standard InChI is InChI=1S/C15H14N2O2/c1-11-5-3-4-6-14(11)19-10-13-7-12(8-16)15(18-2)9-17-13/h3-7,9H,10H2,1-2H3. The van der Waals surface area contributed by atoms with E-state index >= 15 is 0 Å². The molecular formula is C15H14N2O2. The van der Waals surface area contributed by atoms with Crippen molar-refractivity contribution in [2.24, 2.45) is 0 Å². The van der Waals surface area contributed by atoms with Gasteiger partial charge in [-0.25, -0.2) is 0 Å². The Bertz CT molecular complexity index is 618. The van der Waals surface area contributed by atoms with Crippen molar-refractivity contribution in [1.82, 2.24) is 4.98 Å². The first-order valence-corrected chi connectivity index (χ1v) is 5.86. The van der Waals surface area contributed by atoms with Gasteiger partial charge < -0.3 is 9.47 Å². The van der Waals surface area contributed by atoms with Crippen molar-refractivity contribution >= 4 is 0 Å². The third kappa shape index (κ3) is 3.02. The number of hydrogen-bond donors (Lipinski definition) is 0. The van der Waals surface area contributed by atoms with Crippen molar-refractivity contribution in [2.75, 3.05) is 7.11 Å². The number of para-hydroxylation sites is 1. The van der Waals surface area contributed by atoms with Crippen LogP contribution in [0.5, 0.6) is 11.5 Å². The van der Waals surface area contributed by atoms with Gasteiger partial charge in [0.05, 0.1) is 24.6 Å². The van der Waals surface area contributed by atoms with Crippen molar-refractivity contribution < 1.29 is 9.47 Å². The van der Waals surface area contributed by atoms with Gasteiger partial charge in [0.1, 0.15) is 18.4 Å². The second-order valence-electron chi connectivity index (χ2n) is 4.04. The second kappa shape index (κ2) is 5.87. The van der Waals surface area contributed by atoms with E-state index in [1.54, 1.807) is 6.07 Å². The topological polar surface area (TPSA) is 55.1 Å². The maximum atomic E-state index is 9.00. The molecule has 19 heavy (non-hydrogen) atoms. The quantitative estimate of drug-likeness (QED) is 0.841. The van der Waals surface area contributed by atoms with Crippen molar-refractivity contribution in [3.05, 3.63) is 53.3 Å². The summed E-state index contributed by atoms with van der Waals surface area (Å²) in [6, 6.07) is 11.5. The van der Waals surface area contributed by atoms with Crippen LogP contribution in [-0.2, 0) is 6.61 Å². The molecule has 0 N–H and O–H groups in total. The molecule has 4 heteroatoms. The Morgan fingerprint density at radius 3 is 2.74 bits per heavy atom. The molecule has 1 aromatic heterocycles. The van der Waals surface area contributed by atoms with Gasteiger partial charge in [-0.1, -0.05) is 18.2 Å². The average molecular weight is 254 g/mol. The number of pyridine rings is 1. The molecular weight excluding hydrogens is 240 g/mol. The minimum atomic E-state index is 0.323. The first kappa shape index (κ1) is 12.9. The van der Waals surface area contributed by atoms with E-state index in [9.17, 15) is 0 Å². The molecule has 0 aliphatic carbocycles. The van der Waals surface area contributed by atoms with E-state index in [-0.39, 0.29) is 0 Å². The number of ether oxygens (including phenoxy) is 2. The maximum Gasteiger partial charge on any atom is 0.154 e. The van der Waals surface area contributed by atoms with E-state index in [0.29, 0.717) is 23.6 Å². The van der Waals surface area contributed by atoms with Crippen molar-refractivity contribution in [2.45, 2.75) is 13.5 Å². The summed E-state index contributed by atoms with van der Waals surface area (Å²) >= 11 is 0. The summed E-state index contributed by atoms with van der Waals surface area (Å²) in [5, 5.41) is 9.00. The van der Waals surface area contributed by atoms with Gasteiger partial charge in [-0.15, -0.1) is 0 Å². The molecule has 2 aromatic rings. The van der Waals surface area contributed by atoms with E-state index in [1.807, 2.05) is 31.2 Å². The van der Waals surface area contributed by atoms with E-state index in [0.717, 1.165) is 11.3 Å². The van der Waals surface area contributed by atoms with Crippen LogP contribution in [0.15, 0.2) is 36.5 Å². The fraction of sp³-hybridized carbons (Fsp3) is 0.200. The average Bonchev–Trinajstić information content (AvgIpc) is 2.46. The lowest BCUT2D eigenvalue weighted by molar-refractivity contribution is 0.298. The molecule has 0 spiro atoms. The predicted molar refractivity (Wildman–Crippen MR) is 71.0 cm³/mol. The smallest absolute Gasteiger partial charge is 0.154 e. The van der Waals surface area contributed by atoms with Gasteiger partial charge in [-0.3, -0.25) is 4.98 Å². The van der Waals surface area contributed by atoms with Crippen LogP contribution in [0.3, 0.4) is 0 Å². The Labute approximate surface area is 112 Å². The first-order chi connectivity index (χ1) is 9.24. The van der Waals surface area contributed by atoms with Crippen LogP contribution in [0.4, 0.5) is 0 Å². The Kier molecular flexibility index (Phi) is 3.99. The Morgan fingerprint density at radius 1 is 1.26 bits per heavy atom. The second-order valence-corrected chi connectivity index (χ2v) is 4.04. The third-order valence-corrected chi connectivity index (χ3v) is 2.73. The molecule has 0 radical (unpaired) electrons. The van der Waals surface area contributed by atoms with Crippen molar-refractivity contribution in [1.29, 1.82) is 5.26 Å². The minimum Gasteiger partial charge on any atom is -0.494 e. The molecule has 0 aliphatic rings. The summed E-state index contributed by atoms with van der Waals surface area (Å²) in [5.74, 6) is 1.29. The summed E-state index contributed by atoms with van der Waals surface area (Å²) < 4.78 is 10.7. The molecule has 0 saturated heterocycles. The van der Waals surface area contributed by atoms with Crippen molar-refractivity contribution in [3.63, 3.8) is 0 Å². The van der Waals surface area contributed by atoms with Gasteiger partial charge in [0.25, 0.3) is 0 Å². The zero-order valence-electron chi connectivity index (χ0n) is 10.9. The van der Waals surface area contributed by atoms with Gasteiger partial charge in [0.2, 0.25) is 0 Å². The maximum absolute atomic E-state index is 9.00. The number of aromatic nitrogens is 1. The third-order valence-electron chi connectivity index (χ3n) is 2.73. The SMILES string of the molecule is COc1cnc(COc2ccccc2C)cc1C#N. The highest BCUT2D eigenvalue weighted by molar-refractivity contribution is 5.42. The molecule has 0 saturated carbocycles. The van der Waals surface area contributed by atoms with E-state index in [2.05, 4.69) is 11.1 Å². The first-order valence-electron chi connectivity index (χ1n) is 5.86. The number of aryl methyl sites for hydroxylation is 1. The monoisotopic (exact) mass is 254 g/mol. The zero-order chi connectivity index (χ0) is 13.7. The number of nitriles is 1. The number of benzene rings is 1. The normalized spacial score (nSPS) is 9.74. The summed E-state index contributed by atoms with van der Waals surface area (Å²) in [6.07, 6.45) is 1.54. The Balaban J connectivity index is 2.13. The summed E-state index contributed by atoms with van der Waals surface area (Å²) in [4.78, 5) is 4.20. The highest BCUT2D eigenvalue weighted by Crippen LogP contribution is 2.20. The van der Waals surface area contributed by atoms with Gasteiger partial charge >= 0.3 is 0 Å². The van der Waals surface area contributed by atoms with Gasteiger partial charge in [-0.2, -0.15) is 5.26 Å². The van der Waals surface area contributed by atoms with Crippen LogP contribution in [0.2, 0.25) is 0 Å². The van der Waals surface area contributed by atoms with E-state index in [1.165, 1.54) is 13.3 Å². The van der Waals surface area contributed by atoms with E-state index in [4.69, 9.17) is 14.7 Å². The molecule has 0 bridgehead atoms. The molecule has 2 rings (SSSR count). The molecule has 0 fully saturated rings. The summed E-state index contributed by atoms with van der Waals surface area (Å²) in [7, 11) is 1.52. The Morgan fingerprint density at radius 2 is 2.05 bits per heavy atom. The zero-order valence-corrected chi connectivity index (χ0v) is 10.9. The molecule has 0 aliphatic heterocycles.